The van der Waals surface area contributed by atoms with E-state index in [1.165, 1.54) is 29.6 Å². The van der Waals surface area contributed by atoms with Crippen molar-refractivity contribution in [3.8, 4) is 5.75 Å². The number of methoxy groups -OCH3 is 1. The standard InChI is InChI=1S/C14H19NO5S/c1-3-15(9-10-4-5-10)21(18,19)13-7-6-11(14(16)17)8-12(13)20-2/h6-8,10H,3-5,9H2,1-2H3,(H,16,17). The molecule has 6 nitrogen and oxygen atoms in total. The van der Waals surface area contributed by atoms with Gasteiger partial charge in [-0.05, 0) is 37.0 Å². The fraction of sp³-hybridized carbons (Fsp3) is 0.500. The maximum atomic E-state index is 12.7. The van der Waals surface area contributed by atoms with Crippen LogP contribution in [0.25, 0.3) is 0 Å². The molecule has 0 saturated heterocycles. The molecule has 1 aliphatic rings. The van der Waals surface area contributed by atoms with Crippen molar-refractivity contribution in [1.82, 2.24) is 4.31 Å². The average Bonchev–Trinajstić information content (AvgIpc) is 3.27. The highest BCUT2D eigenvalue weighted by Gasteiger charge is 2.32. The Kier molecular flexibility index (Phi) is 4.53. The second kappa shape index (κ2) is 6.03. The van der Waals surface area contributed by atoms with Crippen LogP contribution in [0, 0.1) is 5.92 Å². The molecule has 7 heteroatoms. The first-order valence-electron chi connectivity index (χ1n) is 6.81. The summed E-state index contributed by atoms with van der Waals surface area (Å²) in [7, 11) is -2.35. The molecule has 2 rings (SSSR count). The van der Waals surface area contributed by atoms with Gasteiger partial charge in [0.25, 0.3) is 0 Å². The lowest BCUT2D eigenvalue weighted by atomic mass is 10.2. The van der Waals surface area contributed by atoms with E-state index in [2.05, 4.69) is 0 Å². The molecule has 1 saturated carbocycles. The zero-order chi connectivity index (χ0) is 15.6. The third-order valence-corrected chi connectivity index (χ3v) is 5.52. The number of carbonyl (C=O) groups is 1. The molecular weight excluding hydrogens is 294 g/mol. The van der Waals surface area contributed by atoms with Crippen LogP contribution in [0.5, 0.6) is 5.75 Å². The number of rotatable bonds is 7. The van der Waals surface area contributed by atoms with E-state index >= 15 is 0 Å². The summed E-state index contributed by atoms with van der Waals surface area (Å²) in [6.07, 6.45) is 2.11. The molecule has 0 spiro atoms. The van der Waals surface area contributed by atoms with Crippen LogP contribution in [-0.4, -0.2) is 44.0 Å². The number of ether oxygens (including phenoxy) is 1. The molecule has 1 aliphatic carbocycles. The number of aromatic carboxylic acids is 1. The number of sulfonamides is 1. The van der Waals surface area contributed by atoms with Gasteiger partial charge in [0, 0.05) is 13.1 Å². The highest BCUT2D eigenvalue weighted by molar-refractivity contribution is 7.89. The van der Waals surface area contributed by atoms with Crippen molar-refractivity contribution < 1.29 is 23.1 Å². The third-order valence-electron chi connectivity index (χ3n) is 3.54. The second-order valence-electron chi connectivity index (χ2n) is 5.07. The largest absolute Gasteiger partial charge is 0.495 e. The predicted molar refractivity (Wildman–Crippen MR) is 77.1 cm³/mol. The van der Waals surface area contributed by atoms with Gasteiger partial charge in [-0.3, -0.25) is 0 Å². The zero-order valence-electron chi connectivity index (χ0n) is 12.1. The Morgan fingerprint density at radius 2 is 2.10 bits per heavy atom. The van der Waals surface area contributed by atoms with Crippen molar-refractivity contribution in [2.24, 2.45) is 5.92 Å². The van der Waals surface area contributed by atoms with E-state index in [1.807, 2.05) is 0 Å². The van der Waals surface area contributed by atoms with Gasteiger partial charge in [-0.2, -0.15) is 4.31 Å². The van der Waals surface area contributed by atoms with Gasteiger partial charge < -0.3 is 9.84 Å². The van der Waals surface area contributed by atoms with Gasteiger partial charge >= 0.3 is 5.97 Å². The Morgan fingerprint density at radius 1 is 1.43 bits per heavy atom. The molecule has 1 N–H and O–H groups in total. The molecule has 1 fully saturated rings. The molecule has 1 aromatic carbocycles. The Balaban J connectivity index is 2.40. The molecular formula is C14H19NO5S. The lowest BCUT2D eigenvalue weighted by molar-refractivity contribution is 0.0696. The highest BCUT2D eigenvalue weighted by Crippen LogP contribution is 2.33. The van der Waals surface area contributed by atoms with Gasteiger partial charge in [-0.25, -0.2) is 13.2 Å². The molecule has 0 heterocycles. The second-order valence-corrected chi connectivity index (χ2v) is 6.98. The first-order valence-corrected chi connectivity index (χ1v) is 8.25. The van der Waals surface area contributed by atoms with Crippen molar-refractivity contribution >= 4 is 16.0 Å². The number of carboxylic acids is 1. The van der Waals surface area contributed by atoms with E-state index in [1.54, 1.807) is 6.92 Å². The van der Waals surface area contributed by atoms with E-state index in [0.717, 1.165) is 12.8 Å². The zero-order valence-corrected chi connectivity index (χ0v) is 12.9. The lowest BCUT2D eigenvalue weighted by Gasteiger charge is -2.21. The Bertz CT molecular complexity index is 637. The first-order chi connectivity index (χ1) is 9.90. The maximum absolute atomic E-state index is 12.7. The summed E-state index contributed by atoms with van der Waals surface area (Å²) in [4.78, 5) is 11.0. The van der Waals surface area contributed by atoms with E-state index in [-0.39, 0.29) is 16.2 Å². The smallest absolute Gasteiger partial charge is 0.335 e. The molecule has 0 radical (unpaired) electrons. The van der Waals surface area contributed by atoms with E-state index in [0.29, 0.717) is 19.0 Å². The Morgan fingerprint density at radius 3 is 2.57 bits per heavy atom. The maximum Gasteiger partial charge on any atom is 0.335 e. The molecule has 0 aliphatic heterocycles. The number of carboxylic acid groups (broad SMARTS) is 1. The molecule has 0 aromatic heterocycles. The summed E-state index contributed by atoms with van der Waals surface area (Å²) in [6.45, 7) is 2.67. The summed E-state index contributed by atoms with van der Waals surface area (Å²) in [5.41, 5.74) is -0.00367. The minimum atomic E-state index is -3.68. The molecule has 116 valence electrons. The fourth-order valence-corrected chi connectivity index (χ4v) is 3.80. The van der Waals surface area contributed by atoms with Crippen LogP contribution in [-0.2, 0) is 10.0 Å². The molecule has 21 heavy (non-hydrogen) atoms. The van der Waals surface area contributed by atoms with Gasteiger partial charge in [0.15, 0.2) is 0 Å². The van der Waals surface area contributed by atoms with Gasteiger partial charge in [0.1, 0.15) is 10.6 Å². The fourth-order valence-electron chi connectivity index (χ4n) is 2.14. The van der Waals surface area contributed by atoms with E-state index < -0.39 is 16.0 Å². The van der Waals surface area contributed by atoms with Crippen LogP contribution in [0.2, 0.25) is 0 Å². The lowest BCUT2D eigenvalue weighted by Crippen LogP contribution is -2.33. The van der Waals surface area contributed by atoms with Crippen molar-refractivity contribution in [1.29, 1.82) is 0 Å². The summed E-state index contributed by atoms with van der Waals surface area (Å²) >= 11 is 0. The highest BCUT2D eigenvalue weighted by atomic mass is 32.2. The molecule has 0 amide bonds. The van der Waals surface area contributed by atoms with Crippen molar-refractivity contribution in [3.63, 3.8) is 0 Å². The van der Waals surface area contributed by atoms with Gasteiger partial charge in [0.05, 0.1) is 12.7 Å². The van der Waals surface area contributed by atoms with Crippen molar-refractivity contribution in [3.05, 3.63) is 23.8 Å². The summed E-state index contributed by atoms with van der Waals surface area (Å²) < 4.78 is 31.9. The summed E-state index contributed by atoms with van der Waals surface area (Å²) in [5.74, 6) is -0.629. The number of benzene rings is 1. The topological polar surface area (TPSA) is 83.9 Å². The van der Waals surface area contributed by atoms with Gasteiger partial charge in [-0.1, -0.05) is 6.92 Å². The minimum absolute atomic E-state index is 0.00367. The predicted octanol–water partition coefficient (Wildman–Crippen LogP) is 1.81. The normalized spacial score (nSPS) is 15.2. The number of hydrogen-bond acceptors (Lipinski definition) is 4. The van der Waals surface area contributed by atoms with Crippen LogP contribution in [0.4, 0.5) is 0 Å². The quantitative estimate of drug-likeness (QED) is 0.830. The monoisotopic (exact) mass is 313 g/mol. The average molecular weight is 313 g/mol. The number of hydrogen-bond donors (Lipinski definition) is 1. The minimum Gasteiger partial charge on any atom is -0.495 e. The Hall–Kier alpha value is -1.60. The van der Waals surface area contributed by atoms with Crippen LogP contribution in [0.15, 0.2) is 23.1 Å². The van der Waals surface area contributed by atoms with Gasteiger partial charge in [-0.15, -0.1) is 0 Å². The van der Waals surface area contributed by atoms with E-state index in [9.17, 15) is 13.2 Å². The summed E-state index contributed by atoms with van der Waals surface area (Å²) in [5, 5.41) is 8.97. The van der Waals surface area contributed by atoms with Crippen LogP contribution in [0.3, 0.4) is 0 Å². The van der Waals surface area contributed by atoms with Crippen LogP contribution < -0.4 is 4.74 Å². The van der Waals surface area contributed by atoms with Crippen LogP contribution in [0.1, 0.15) is 30.1 Å². The molecule has 0 bridgehead atoms. The van der Waals surface area contributed by atoms with Crippen molar-refractivity contribution in [2.45, 2.75) is 24.7 Å². The van der Waals surface area contributed by atoms with Crippen molar-refractivity contribution in [2.75, 3.05) is 20.2 Å². The number of nitrogens with zero attached hydrogens (tertiary/aromatic N) is 1. The van der Waals surface area contributed by atoms with Crippen LogP contribution >= 0.6 is 0 Å². The Labute approximate surface area is 124 Å². The van der Waals surface area contributed by atoms with Gasteiger partial charge in [0.2, 0.25) is 10.0 Å². The summed E-state index contributed by atoms with van der Waals surface area (Å²) in [6, 6.07) is 3.82. The molecule has 1 aromatic rings. The third kappa shape index (κ3) is 3.36. The molecule has 0 unspecified atom stereocenters. The SMILES string of the molecule is CCN(CC1CC1)S(=O)(=O)c1ccc(C(=O)O)cc1OC. The van der Waals surface area contributed by atoms with E-state index in [4.69, 9.17) is 9.84 Å². The molecule has 0 atom stereocenters. The first kappa shape index (κ1) is 15.8.